The molecule has 1 amide bonds. The van der Waals surface area contributed by atoms with Gasteiger partial charge in [0.25, 0.3) is 0 Å². The highest BCUT2D eigenvalue weighted by atomic mass is 79.9. The van der Waals surface area contributed by atoms with Crippen LogP contribution in [-0.2, 0) is 16.9 Å². The summed E-state index contributed by atoms with van der Waals surface area (Å²) < 4.78 is 2.72. The summed E-state index contributed by atoms with van der Waals surface area (Å²) in [4.78, 5) is 22.9. The number of piperazine rings is 1. The van der Waals surface area contributed by atoms with E-state index < -0.39 is 0 Å². The number of hydrogen-bond acceptors (Lipinski definition) is 4. The molecule has 4 saturated carbocycles. The lowest BCUT2D eigenvalue weighted by Crippen LogP contribution is -2.62. The van der Waals surface area contributed by atoms with Gasteiger partial charge in [0, 0.05) is 37.7 Å². The van der Waals surface area contributed by atoms with Crippen molar-refractivity contribution in [3.63, 3.8) is 0 Å². The molecule has 6 nitrogen and oxygen atoms in total. The summed E-state index contributed by atoms with van der Waals surface area (Å²) in [6, 6.07) is 8.06. The maximum atomic E-state index is 14.0. The topological polar surface area (TPSA) is 54.3 Å². The molecule has 1 saturated heterocycles. The lowest BCUT2D eigenvalue weighted by molar-refractivity contribution is -0.168. The highest BCUT2D eigenvalue weighted by Gasteiger charge is 2.62. The second-order valence-corrected chi connectivity index (χ2v) is 11.7. The van der Waals surface area contributed by atoms with E-state index in [1.807, 2.05) is 24.5 Å². The van der Waals surface area contributed by atoms with Crippen LogP contribution in [0.3, 0.4) is 0 Å². The molecule has 1 aromatic carbocycles. The molecule has 0 radical (unpaired) electrons. The first-order valence-corrected chi connectivity index (χ1v) is 12.9. The molecule has 2 aromatic rings. The van der Waals surface area contributed by atoms with Gasteiger partial charge in [0.05, 0.1) is 11.0 Å². The van der Waals surface area contributed by atoms with E-state index >= 15 is 0 Å². The monoisotopic (exact) mass is 517 g/mol. The first kappa shape index (κ1) is 21.1. The highest BCUT2D eigenvalue weighted by Crippen LogP contribution is 2.64. The second-order valence-electron chi connectivity index (χ2n) is 10.6. The molecule has 4 aliphatic carbocycles. The summed E-state index contributed by atoms with van der Waals surface area (Å²) in [5.74, 6) is 1.65. The van der Waals surface area contributed by atoms with Crippen LogP contribution in [0.2, 0.25) is 5.02 Å². The van der Waals surface area contributed by atoms with Crippen LogP contribution in [-0.4, -0.2) is 56.7 Å². The van der Waals surface area contributed by atoms with Gasteiger partial charge in [-0.25, -0.2) is 9.67 Å². The molecule has 2 heterocycles. The number of aromatic nitrogens is 3. The van der Waals surface area contributed by atoms with Crippen molar-refractivity contribution in [1.29, 1.82) is 0 Å². The summed E-state index contributed by atoms with van der Waals surface area (Å²) in [5.41, 5.74) is 0.911. The fourth-order valence-corrected chi connectivity index (χ4v) is 7.97. The van der Waals surface area contributed by atoms with Crippen molar-refractivity contribution < 1.29 is 4.79 Å². The summed E-state index contributed by atoms with van der Waals surface area (Å²) in [5, 5.41) is 5.46. The fourth-order valence-electron chi connectivity index (χ4n) is 7.52. The van der Waals surface area contributed by atoms with Crippen LogP contribution in [0.1, 0.15) is 44.1 Å². The third-order valence-corrected chi connectivity index (χ3v) is 9.18. The van der Waals surface area contributed by atoms with Gasteiger partial charge in [-0.15, -0.1) is 5.10 Å². The summed E-state index contributed by atoms with van der Waals surface area (Å²) in [6.07, 6.45) is 8.45. The lowest BCUT2D eigenvalue weighted by Gasteiger charge is -2.61. The number of amides is 1. The molecule has 2 atom stereocenters. The first-order valence-electron chi connectivity index (χ1n) is 11.8. The van der Waals surface area contributed by atoms with Gasteiger partial charge in [-0.05, 0) is 77.9 Å². The maximum absolute atomic E-state index is 14.0. The number of halogens is 2. The van der Waals surface area contributed by atoms with E-state index in [0.717, 1.165) is 75.4 Å². The largest absolute Gasteiger partial charge is 0.340 e. The van der Waals surface area contributed by atoms with Crippen molar-refractivity contribution in [3.8, 4) is 0 Å². The Morgan fingerprint density at radius 1 is 1.09 bits per heavy atom. The smallest absolute Gasteiger partial charge is 0.228 e. The van der Waals surface area contributed by atoms with E-state index in [1.54, 1.807) is 0 Å². The third-order valence-electron chi connectivity index (χ3n) is 8.45. The lowest BCUT2D eigenvalue weighted by atomic mass is 9.46. The van der Waals surface area contributed by atoms with Gasteiger partial charge in [-0.2, -0.15) is 0 Å². The number of carbonyl (C=O) groups excluding carboxylic acids is 1. The second kappa shape index (κ2) is 7.81. The van der Waals surface area contributed by atoms with Crippen molar-refractivity contribution >= 4 is 33.4 Å². The highest BCUT2D eigenvalue weighted by molar-refractivity contribution is 9.10. The number of benzene rings is 1. The van der Waals surface area contributed by atoms with Crippen LogP contribution in [0.5, 0.6) is 0 Å². The molecule has 0 spiro atoms. The van der Waals surface area contributed by atoms with E-state index in [-0.39, 0.29) is 11.0 Å². The molecule has 5 fully saturated rings. The number of rotatable bonds is 4. The van der Waals surface area contributed by atoms with Gasteiger partial charge in [0.15, 0.2) is 0 Å². The number of hydrogen-bond donors (Lipinski definition) is 0. The molecular formula is C24H29BrClN5O. The minimum atomic E-state index is -0.215. The quantitative estimate of drug-likeness (QED) is 0.604. The average molecular weight is 519 g/mol. The molecule has 1 aromatic heterocycles. The van der Waals surface area contributed by atoms with E-state index in [1.165, 1.54) is 6.42 Å². The van der Waals surface area contributed by atoms with Gasteiger partial charge >= 0.3 is 0 Å². The standard InChI is InChI=1S/C24H29BrClN5O/c25-22-27-16-31(28-22)24-12-17-9-18(13-24)11-23(10-17,15-24)21(32)30-7-5-29(6-8-30)14-19-3-1-2-4-20(19)26/h1-4,16-18H,5-15H2. The number of carbonyl (C=O) groups is 1. The average Bonchev–Trinajstić information content (AvgIpc) is 3.22. The van der Waals surface area contributed by atoms with Gasteiger partial charge in [0.2, 0.25) is 10.6 Å². The molecule has 4 bridgehead atoms. The normalized spacial score (nSPS) is 34.2. The van der Waals surface area contributed by atoms with Crippen LogP contribution >= 0.6 is 27.5 Å². The van der Waals surface area contributed by atoms with Crippen LogP contribution in [0, 0.1) is 17.3 Å². The Kier molecular flexibility index (Phi) is 5.15. The Balaban J connectivity index is 1.17. The van der Waals surface area contributed by atoms with Crippen molar-refractivity contribution in [3.05, 3.63) is 45.9 Å². The zero-order valence-corrected chi connectivity index (χ0v) is 20.6. The van der Waals surface area contributed by atoms with E-state index in [2.05, 4.69) is 46.6 Å². The minimum absolute atomic E-state index is 0.0371. The van der Waals surface area contributed by atoms with Crippen molar-refractivity contribution in [2.24, 2.45) is 17.3 Å². The van der Waals surface area contributed by atoms with E-state index in [9.17, 15) is 4.79 Å². The predicted molar refractivity (Wildman–Crippen MR) is 126 cm³/mol. The Morgan fingerprint density at radius 3 is 2.47 bits per heavy atom. The van der Waals surface area contributed by atoms with Crippen molar-refractivity contribution in [2.75, 3.05) is 26.2 Å². The van der Waals surface area contributed by atoms with E-state index in [0.29, 0.717) is 22.5 Å². The molecule has 2 unspecified atom stereocenters. The van der Waals surface area contributed by atoms with Gasteiger partial charge in [-0.1, -0.05) is 29.8 Å². The molecule has 170 valence electrons. The molecule has 32 heavy (non-hydrogen) atoms. The Bertz CT molecular complexity index is 1020. The molecule has 1 aliphatic heterocycles. The Hall–Kier alpha value is -1.44. The van der Waals surface area contributed by atoms with Crippen molar-refractivity contribution in [2.45, 2.75) is 50.6 Å². The summed E-state index contributed by atoms with van der Waals surface area (Å²) in [6.45, 7) is 4.27. The van der Waals surface area contributed by atoms with E-state index in [4.69, 9.17) is 11.6 Å². The Labute approximate surface area is 202 Å². The van der Waals surface area contributed by atoms with Crippen LogP contribution < -0.4 is 0 Å². The van der Waals surface area contributed by atoms with Gasteiger partial charge < -0.3 is 4.90 Å². The summed E-state index contributed by atoms with van der Waals surface area (Å²) in [7, 11) is 0. The molecule has 7 rings (SSSR count). The molecule has 8 heteroatoms. The van der Waals surface area contributed by atoms with Crippen LogP contribution in [0.15, 0.2) is 35.3 Å². The van der Waals surface area contributed by atoms with Gasteiger partial charge in [-0.3, -0.25) is 9.69 Å². The molecular weight excluding hydrogens is 490 g/mol. The minimum Gasteiger partial charge on any atom is -0.340 e. The van der Waals surface area contributed by atoms with Crippen LogP contribution in [0.4, 0.5) is 0 Å². The maximum Gasteiger partial charge on any atom is 0.228 e. The van der Waals surface area contributed by atoms with Crippen LogP contribution in [0.25, 0.3) is 0 Å². The van der Waals surface area contributed by atoms with Crippen molar-refractivity contribution in [1.82, 2.24) is 24.6 Å². The number of nitrogens with zero attached hydrogens (tertiary/aromatic N) is 5. The van der Waals surface area contributed by atoms with Gasteiger partial charge in [0.1, 0.15) is 6.33 Å². The zero-order valence-electron chi connectivity index (χ0n) is 18.2. The predicted octanol–water partition coefficient (Wildman–Crippen LogP) is 4.33. The molecule has 0 N–H and O–H groups in total. The summed E-state index contributed by atoms with van der Waals surface area (Å²) >= 11 is 9.78. The Morgan fingerprint density at radius 2 is 1.81 bits per heavy atom. The third kappa shape index (κ3) is 3.51. The SMILES string of the molecule is O=C(N1CCN(Cc2ccccc2Cl)CC1)C12CC3CC(C1)CC(n1cnc(Br)n1)(C3)C2. The first-order chi connectivity index (χ1) is 15.4. The molecule has 5 aliphatic rings. The zero-order chi connectivity index (χ0) is 21.9. The fraction of sp³-hybridized carbons (Fsp3) is 0.625.